The predicted molar refractivity (Wildman–Crippen MR) is 95.0 cm³/mol. The van der Waals surface area contributed by atoms with E-state index in [2.05, 4.69) is 11.1 Å². The van der Waals surface area contributed by atoms with Crippen LogP contribution in [0.4, 0.5) is 5.69 Å². The molecule has 0 aliphatic rings. The van der Waals surface area contributed by atoms with Crippen LogP contribution in [0.15, 0.2) is 41.4 Å². The zero-order chi connectivity index (χ0) is 15.4. The molecule has 0 aromatic heterocycles. The van der Waals surface area contributed by atoms with Crippen molar-refractivity contribution in [3.63, 3.8) is 0 Å². The first-order valence-electron chi connectivity index (χ1n) is 6.44. The number of hydrogen-bond acceptors (Lipinski definition) is 2. The van der Waals surface area contributed by atoms with Gasteiger partial charge in [0.15, 0.2) is 5.17 Å². The van der Waals surface area contributed by atoms with E-state index in [1.54, 1.807) is 6.07 Å². The molecule has 5 heteroatoms. The van der Waals surface area contributed by atoms with Crippen LogP contribution >= 0.6 is 35.0 Å². The van der Waals surface area contributed by atoms with Crippen molar-refractivity contribution in [1.29, 1.82) is 0 Å². The number of aryl methyl sites for hydroxylation is 2. The zero-order valence-corrected chi connectivity index (χ0v) is 14.2. The number of aliphatic imine (C=N–C) groups is 1. The van der Waals surface area contributed by atoms with Gasteiger partial charge < -0.3 is 5.73 Å². The van der Waals surface area contributed by atoms with Gasteiger partial charge in [0.05, 0.1) is 15.7 Å². The van der Waals surface area contributed by atoms with E-state index in [1.165, 1.54) is 17.3 Å². The molecular weight excluding hydrogens is 323 g/mol. The second-order valence-electron chi connectivity index (χ2n) is 4.78. The van der Waals surface area contributed by atoms with Gasteiger partial charge in [0.25, 0.3) is 0 Å². The number of rotatable bonds is 3. The molecule has 0 spiro atoms. The van der Waals surface area contributed by atoms with Crippen molar-refractivity contribution < 1.29 is 0 Å². The Morgan fingerprint density at radius 2 is 1.86 bits per heavy atom. The van der Waals surface area contributed by atoms with Crippen molar-refractivity contribution in [2.45, 2.75) is 19.6 Å². The molecule has 2 N–H and O–H groups in total. The molecule has 0 radical (unpaired) electrons. The van der Waals surface area contributed by atoms with Crippen molar-refractivity contribution in [1.82, 2.24) is 0 Å². The number of nitrogens with zero attached hydrogens (tertiary/aromatic N) is 1. The van der Waals surface area contributed by atoms with E-state index >= 15 is 0 Å². The fourth-order valence-electron chi connectivity index (χ4n) is 1.78. The molecule has 0 aliphatic heterocycles. The molecule has 21 heavy (non-hydrogen) atoms. The summed E-state index contributed by atoms with van der Waals surface area (Å²) in [7, 11) is 0. The number of thioether (sulfide) groups is 1. The van der Waals surface area contributed by atoms with Crippen molar-refractivity contribution in [2.75, 3.05) is 0 Å². The topological polar surface area (TPSA) is 38.4 Å². The summed E-state index contributed by atoms with van der Waals surface area (Å²) in [6.07, 6.45) is 0. The lowest BCUT2D eigenvalue weighted by atomic mass is 10.1. The second-order valence-corrected chi connectivity index (χ2v) is 6.59. The zero-order valence-electron chi connectivity index (χ0n) is 11.9. The van der Waals surface area contributed by atoms with Crippen molar-refractivity contribution in [3.05, 3.63) is 63.1 Å². The number of amidine groups is 1. The maximum Gasteiger partial charge on any atom is 0.159 e. The van der Waals surface area contributed by atoms with Gasteiger partial charge in [0.1, 0.15) is 0 Å². The first-order chi connectivity index (χ1) is 9.95. The maximum atomic E-state index is 5.99. The highest BCUT2D eigenvalue weighted by atomic mass is 35.5. The van der Waals surface area contributed by atoms with Crippen molar-refractivity contribution in [2.24, 2.45) is 10.7 Å². The molecule has 0 unspecified atom stereocenters. The van der Waals surface area contributed by atoms with Gasteiger partial charge in [0.2, 0.25) is 0 Å². The molecule has 0 bridgehead atoms. The van der Waals surface area contributed by atoms with E-state index in [0.29, 0.717) is 21.0 Å². The lowest BCUT2D eigenvalue weighted by molar-refractivity contribution is 1.35. The SMILES string of the molecule is Cc1ccc(C)c(N=C(N)SCc2ccc(Cl)c(Cl)c2)c1. The van der Waals surface area contributed by atoms with Crippen LogP contribution in [0.1, 0.15) is 16.7 Å². The third-order valence-electron chi connectivity index (χ3n) is 2.97. The Hall–Kier alpha value is -1.16. The molecule has 0 atom stereocenters. The van der Waals surface area contributed by atoms with E-state index in [9.17, 15) is 0 Å². The summed E-state index contributed by atoms with van der Waals surface area (Å²) in [5.74, 6) is 0.705. The van der Waals surface area contributed by atoms with Crippen LogP contribution in [-0.4, -0.2) is 5.17 Å². The third kappa shape index (κ3) is 4.67. The summed E-state index contributed by atoms with van der Waals surface area (Å²) in [6, 6.07) is 11.7. The van der Waals surface area contributed by atoms with Gasteiger partial charge >= 0.3 is 0 Å². The van der Waals surface area contributed by atoms with E-state index in [0.717, 1.165) is 16.8 Å². The molecule has 0 saturated carbocycles. The minimum absolute atomic E-state index is 0.537. The van der Waals surface area contributed by atoms with Gasteiger partial charge in [-0.1, -0.05) is 53.2 Å². The van der Waals surface area contributed by atoms with Gasteiger partial charge in [-0.15, -0.1) is 0 Å². The smallest absolute Gasteiger partial charge is 0.159 e. The largest absolute Gasteiger partial charge is 0.378 e. The molecule has 2 aromatic carbocycles. The molecule has 2 nitrogen and oxygen atoms in total. The average Bonchev–Trinajstić information content (AvgIpc) is 2.44. The van der Waals surface area contributed by atoms with Gasteiger partial charge in [-0.05, 0) is 48.7 Å². The van der Waals surface area contributed by atoms with Crippen LogP contribution in [0.2, 0.25) is 10.0 Å². The molecular formula is C16H16Cl2N2S. The Balaban J connectivity index is 2.07. The molecule has 0 aliphatic carbocycles. The average molecular weight is 339 g/mol. The summed E-state index contributed by atoms with van der Waals surface area (Å²) in [6.45, 7) is 4.06. The molecule has 0 amide bonds. The van der Waals surface area contributed by atoms with Gasteiger partial charge in [-0.3, -0.25) is 0 Å². The summed E-state index contributed by atoms with van der Waals surface area (Å²) < 4.78 is 0. The third-order valence-corrected chi connectivity index (χ3v) is 4.57. The fraction of sp³-hybridized carbons (Fsp3) is 0.188. The molecule has 0 fully saturated rings. The summed E-state index contributed by atoms with van der Waals surface area (Å²) in [4.78, 5) is 4.47. The van der Waals surface area contributed by atoms with Crippen LogP contribution in [0.3, 0.4) is 0 Å². The predicted octanol–water partition coefficient (Wildman–Crippen LogP) is 5.49. The lowest BCUT2D eigenvalue weighted by Crippen LogP contribution is -2.06. The Morgan fingerprint density at radius 3 is 2.57 bits per heavy atom. The lowest BCUT2D eigenvalue weighted by Gasteiger charge is -2.05. The minimum atomic E-state index is 0.537. The normalized spacial score (nSPS) is 11.7. The minimum Gasteiger partial charge on any atom is -0.378 e. The number of halogens is 2. The number of hydrogen-bond donors (Lipinski definition) is 1. The Labute approximate surface area is 139 Å². The second kappa shape index (κ2) is 7.21. The Kier molecular flexibility index (Phi) is 5.57. The van der Waals surface area contributed by atoms with Crippen LogP contribution in [-0.2, 0) is 5.75 Å². The van der Waals surface area contributed by atoms with Gasteiger partial charge in [-0.25, -0.2) is 4.99 Å². The fourth-order valence-corrected chi connectivity index (χ4v) is 2.76. The van der Waals surface area contributed by atoms with Crippen LogP contribution in [0, 0.1) is 13.8 Å². The number of nitrogens with two attached hydrogens (primary N) is 1. The van der Waals surface area contributed by atoms with E-state index in [-0.39, 0.29) is 0 Å². The summed E-state index contributed by atoms with van der Waals surface area (Å²) in [5.41, 5.74) is 10.2. The van der Waals surface area contributed by atoms with Crippen LogP contribution in [0.25, 0.3) is 0 Å². The first-order valence-corrected chi connectivity index (χ1v) is 8.18. The highest BCUT2D eigenvalue weighted by Crippen LogP contribution is 2.26. The molecule has 2 rings (SSSR count). The van der Waals surface area contributed by atoms with E-state index < -0.39 is 0 Å². The molecule has 0 heterocycles. The highest BCUT2D eigenvalue weighted by Gasteiger charge is 2.03. The Morgan fingerprint density at radius 1 is 1.10 bits per heavy atom. The summed E-state index contributed by atoms with van der Waals surface area (Å²) in [5, 5.41) is 1.65. The van der Waals surface area contributed by atoms with E-state index in [4.69, 9.17) is 28.9 Å². The molecule has 2 aromatic rings. The monoisotopic (exact) mass is 338 g/mol. The van der Waals surface area contributed by atoms with E-state index in [1.807, 2.05) is 38.1 Å². The van der Waals surface area contributed by atoms with Crippen molar-refractivity contribution >= 4 is 45.8 Å². The van der Waals surface area contributed by atoms with Crippen molar-refractivity contribution in [3.8, 4) is 0 Å². The van der Waals surface area contributed by atoms with Gasteiger partial charge in [0, 0.05) is 5.75 Å². The summed E-state index contributed by atoms with van der Waals surface area (Å²) >= 11 is 13.4. The first kappa shape index (κ1) is 16.2. The highest BCUT2D eigenvalue weighted by molar-refractivity contribution is 8.13. The maximum absolute atomic E-state index is 5.99. The van der Waals surface area contributed by atoms with Crippen LogP contribution < -0.4 is 5.73 Å². The Bertz CT molecular complexity index is 684. The molecule has 0 saturated heterocycles. The standard InChI is InChI=1S/C16H16Cl2N2S/c1-10-3-4-11(2)15(7-10)20-16(19)21-9-12-5-6-13(17)14(18)8-12/h3-8H,9H2,1-2H3,(H2,19,20). The number of benzene rings is 2. The van der Waals surface area contributed by atoms with Crippen LogP contribution in [0.5, 0.6) is 0 Å². The molecule has 110 valence electrons. The quantitative estimate of drug-likeness (QED) is 0.593. The van der Waals surface area contributed by atoms with Gasteiger partial charge in [-0.2, -0.15) is 0 Å².